The summed E-state index contributed by atoms with van der Waals surface area (Å²) in [6.07, 6.45) is 9.20. The van der Waals surface area contributed by atoms with Gasteiger partial charge in [-0.1, -0.05) is 12.8 Å². The van der Waals surface area contributed by atoms with Crippen LogP contribution in [0.1, 0.15) is 38.5 Å². The van der Waals surface area contributed by atoms with Crippen LogP contribution in [0.4, 0.5) is 0 Å². The fourth-order valence-corrected chi connectivity index (χ4v) is 2.05. The molecule has 1 saturated heterocycles. The highest BCUT2D eigenvalue weighted by molar-refractivity contribution is 7.79. The molecule has 0 aromatic rings. The van der Waals surface area contributed by atoms with Gasteiger partial charge in [0.1, 0.15) is 0 Å². The van der Waals surface area contributed by atoms with Crippen molar-refractivity contribution in [1.82, 2.24) is 0 Å². The maximum Gasteiger partial charge on any atom is 0.168 e. The zero-order valence-electron chi connectivity index (χ0n) is 8.42. The molecule has 0 atom stereocenters. The number of hydrogen-bond donors (Lipinski definition) is 1. The van der Waals surface area contributed by atoms with Gasteiger partial charge in [0.2, 0.25) is 0 Å². The van der Waals surface area contributed by atoms with E-state index in [-0.39, 0.29) is 5.79 Å². The van der Waals surface area contributed by atoms with Crippen molar-refractivity contribution >= 4 is 12.6 Å². The molecule has 78 valence electrons. The largest absolute Gasteiger partial charge is 0.348 e. The highest BCUT2D eigenvalue weighted by atomic mass is 32.1. The number of rotatable bonds is 0. The van der Waals surface area contributed by atoms with Crippen molar-refractivity contribution in [3.05, 3.63) is 0 Å². The van der Waals surface area contributed by atoms with Crippen molar-refractivity contribution in [2.75, 3.05) is 19.5 Å². The Morgan fingerprint density at radius 2 is 1.31 bits per heavy atom. The van der Waals surface area contributed by atoms with Crippen LogP contribution < -0.4 is 0 Å². The van der Waals surface area contributed by atoms with Crippen LogP contribution in [-0.2, 0) is 9.47 Å². The summed E-state index contributed by atoms with van der Waals surface area (Å²) in [6, 6.07) is 0. The number of ether oxygens (including phenoxy) is 2. The lowest BCUT2D eigenvalue weighted by Crippen LogP contribution is -2.28. The molecule has 0 amide bonds. The van der Waals surface area contributed by atoms with E-state index in [1.165, 1.54) is 25.7 Å². The molecule has 0 radical (unpaired) electrons. The van der Waals surface area contributed by atoms with Gasteiger partial charge in [-0.15, -0.1) is 0 Å². The SMILES string of the molecule is C1CCCC2(CC1)OCCO2.CS. The van der Waals surface area contributed by atoms with Gasteiger partial charge in [0.05, 0.1) is 13.2 Å². The van der Waals surface area contributed by atoms with Gasteiger partial charge in [0.15, 0.2) is 5.79 Å². The summed E-state index contributed by atoms with van der Waals surface area (Å²) in [7, 11) is 0. The molecule has 3 heteroatoms. The zero-order chi connectivity index (χ0) is 9.57. The Labute approximate surface area is 86.4 Å². The van der Waals surface area contributed by atoms with Gasteiger partial charge < -0.3 is 9.47 Å². The first-order valence-corrected chi connectivity index (χ1v) is 6.03. The fourth-order valence-electron chi connectivity index (χ4n) is 2.05. The van der Waals surface area contributed by atoms with Gasteiger partial charge in [0, 0.05) is 12.8 Å². The highest BCUT2D eigenvalue weighted by Crippen LogP contribution is 2.34. The zero-order valence-corrected chi connectivity index (χ0v) is 9.31. The Morgan fingerprint density at radius 3 is 1.77 bits per heavy atom. The lowest BCUT2D eigenvalue weighted by atomic mass is 10.1. The third kappa shape index (κ3) is 3.15. The third-order valence-electron chi connectivity index (χ3n) is 2.68. The predicted molar refractivity (Wildman–Crippen MR) is 57.2 cm³/mol. The van der Waals surface area contributed by atoms with Crippen molar-refractivity contribution in [2.24, 2.45) is 0 Å². The van der Waals surface area contributed by atoms with Crippen molar-refractivity contribution in [3.8, 4) is 0 Å². The lowest BCUT2D eigenvalue weighted by molar-refractivity contribution is -0.165. The summed E-state index contributed by atoms with van der Waals surface area (Å²) in [6.45, 7) is 1.61. The van der Waals surface area contributed by atoms with Crippen LogP contribution in [0.2, 0.25) is 0 Å². The summed E-state index contributed by atoms with van der Waals surface area (Å²) in [5.74, 6) is -0.142. The number of hydrogen-bond acceptors (Lipinski definition) is 3. The van der Waals surface area contributed by atoms with Gasteiger partial charge in [-0.05, 0) is 19.1 Å². The molecule has 1 aliphatic heterocycles. The predicted octanol–water partition coefficient (Wildman–Crippen LogP) is 2.63. The Morgan fingerprint density at radius 1 is 0.846 bits per heavy atom. The molecule has 0 unspecified atom stereocenters. The van der Waals surface area contributed by atoms with Crippen molar-refractivity contribution in [1.29, 1.82) is 0 Å². The van der Waals surface area contributed by atoms with Crippen LogP contribution >= 0.6 is 12.6 Å². The molecule has 1 heterocycles. The molecule has 0 N–H and O–H groups in total. The normalized spacial score (nSPS) is 26.3. The van der Waals surface area contributed by atoms with Crippen LogP contribution in [0.15, 0.2) is 0 Å². The topological polar surface area (TPSA) is 18.5 Å². The van der Waals surface area contributed by atoms with E-state index in [1.807, 2.05) is 0 Å². The molecule has 13 heavy (non-hydrogen) atoms. The van der Waals surface area contributed by atoms with E-state index in [2.05, 4.69) is 12.6 Å². The molecular weight excluding hydrogens is 184 g/mol. The standard InChI is InChI=1S/C9H16O2.CH4S/c1-2-4-6-9(5-3-1)10-7-8-11-9;1-2/h1-8H2;2H,1H3. The average Bonchev–Trinajstić information content (AvgIpc) is 2.50. The van der Waals surface area contributed by atoms with Crippen LogP contribution in [0.5, 0.6) is 0 Å². The van der Waals surface area contributed by atoms with Crippen LogP contribution in [-0.4, -0.2) is 25.3 Å². The first-order chi connectivity index (χ1) is 6.41. The second-order valence-corrected chi connectivity index (χ2v) is 3.52. The molecule has 2 rings (SSSR count). The molecule has 1 saturated carbocycles. The Balaban J connectivity index is 0.000000396. The van der Waals surface area contributed by atoms with E-state index in [9.17, 15) is 0 Å². The summed E-state index contributed by atoms with van der Waals surface area (Å²) in [4.78, 5) is 0. The minimum absolute atomic E-state index is 0.142. The minimum atomic E-state index is -0.142. The monoisotopic (exact) mass is 204 g/mol. The maximum absolute atomic E-state index is 5.64. The fraction of sp³-hybridized carbons (Fsp3) is 1.00. The quantitative estimate of drug-likeness (QED) is 0.611. The van der Waals surface area contributed by atoms with E-state index in [1.54, 1.807) is 6.26 Å². The van der Waals surface area contributed by atoms with E-state index < -0.39 is 0 Å². The van der Waals surface area contributed by atoms with Crippen molar-refractivity contribution in [2.45, 2.75) is 44.3 Å². The van der Waals surface area contributed by atoms with Crippen molar-refractivity contribution in [3.63, 3.8) is 0 Å². The molecule has 1 aliphatic carbocycles. The molecule has 0 bridgehead atoms. The molecule has 2 fully saturated rings. The lowest BCUT2D eigenvalue weighted by Gasteiger charge is -2.25. The second kappa shape index (κ2) is 5.89. The van der Waals surface area contributed by atoms with Crippen LogP contribution in [0.25, 0.3) is 0 Å². The van der Waals surface area contributed by atoms with Gasteiger partial charge in [-0.3, -0.25) is 0 Å². The summed E-state index contributed by atoms with van der Waals surface area (Å²) in [5, 5.41) is 0. The second-order valence-electron chi connectivity index (χ2n) is 3.52. The van der Waals surface area contributed by atoms with Gasteiger partial charge in [-0.2, -0.15) is 12.6 Å². The van der Waals surface area contributed by atoms with E-state index in [4.69, 9.17) is 9.47 Å². The van der Waals surface area contributed by atoms with Crippen LogP contribution in [0.3, 0.4) is 0 Å². The molecular formula is C10H20O2S. The summed E-state index contributed by atoms with van der Waals surface area (Å²) < 4.78 is 11.3. The first-order valence-electron chi connectivity index (χ1n) is 5.14. The third-order valence-corrected chi connectivity index (χ3v) is 2.68. The Hall–Kier alpha value is 0.270. The van der Waals surface area contributed by atoms with E-state index in [0.29, 0.717) is 0 Å². The molecule has 0 aromatic carbocycles. The molecule has 1 spiro atoms. The van der Waals surface area contributed by atoms with Crippen LogP contribution in [0, 0.1) is 0 Å². The Kier molecular flexibility index (Phi) is 5.14. The molecule has 2 nitrogen and oxygen atoms in total. The summed E-state index contributed by atoms with van der Waals surface area (Å²) in [5.41, 5.74) is 0. The maximum atomic E-state index is 5.64. The average molecular weight is 204 g/mol. The Bertz CT molecular complexity index is 123. The minimum Gasteiger partial charge on any atom is -0.348 e. The van der Waals surface area contributed by atoms with Gasteiger partial charge in [0.25, 0.3) is 0 Å². The van der Waals surface area contributed by atoms with E-state index in [0.717, 1.165) is 26.1 Å². The van der Waals surface area contributed by atoms with Gasteiger partial charge in [-0.25, -0.2) is 0 Å². The molecule has 2 aliphatic rings. The smallest absolute Gasteiger partial charge is 0.168 e. The number of thiol groups is 1. The molecule has 0 aromatic heterocycles. The summed E-state index contributed by atoms with van der Waals surface area (Å²) >= 11 is 3.53. The van der Waals surface area contributed by atoms with Gasteiger partial charge >= 0.3 is 0 Å². The first kappa shape index (κ1) is 11.3. The van der Waals surface area contributed by atoms with E-state index >= 15 is 0 Å². The van der Waals surface area contributed by atoms with Crippen molar-refractivity contribution < 1.29 is 9.47 Å². The highest BCUT2D eigenvalue weighted by Gasteiger charge is 2.36.